The summed E-state index contributed by atoms with van der Waals surface area (Å²) >= 11 is 0. The number of aliphatic carboxylic acids is 1. The number of benzene rings is 1. The molecule has 0 fully saturated rings. The number of carboxylic acid groups (broad SMARTS) is 1. The van der Waals surface area contributed by atoms with Crippen LogP contribution in [0.4, 0.5) is 0 Å². The molecule has 0 radical (unpaired) electrons. The van der Waals surface area contributed by atoms with Gasteiger partial charge in [-0.3, -0.25) is 0 Å². The summed E-state index contributed by atoms with van der Waals surface area (Å²) in [4.78, 5) is 16.7. The van der Waals surface area contributed by atoms with Gasteiger partial charge >= 0.3 is 5.97 Å². The molecule has 0 aliphatic carbocycles. The van der Waals surface area contributed by atoms with E-state index in [1.807, 2.05) is 20.8 Å². The van der Waals surface area contributed by atoms with Gasteiger partial charge in [0.25, 0.3) is 0 Å². The maximum absolute atomic E-state index is 10.6. The Bertz CT molecular complexity index is 778. The molecule has 8 nitrogen and oxygen atoms in total. The maximum atomic E-state index is 10.6. The number of aromatic amines is 1. The Kier molecular flexibility index (Phi) is 6.86. The molecule has 1 aromatic heterocycles. The largest absolute Gasteiger partial charge is 0.744 e. The lowest BCUT2D eigenvalue weighted by Crippen LogP contribution is -2.66. The first kappa shape index (κ1) is 20.8. The maximum Gasteiger partial charge on any atom is 0.362 e. The number of aromatic nitrogens is 2. The van der Waals surface area contributed by atoms with Crippen LogP contribution >= 0.6 is 0 Å². The molecular formula is C16H23N3O5S. The summed E-state index contributed by atoms with van der Waals surface area (Å²) in [6.07, 6.45) is 3.51. The second-order valence-corrected chi connectivity index (χ2v) is 7.92. The van der Waals surface area contributed by atoms with Crippen molar-refractivity contribution in [3.8, 4) is 0 Å². The highest BCUT2D eigenvalue weighted by Gasteiger charge is 2.16. The van der Waals surface area contributed by atoms with E-state index in [0.29, 0.717) is 6.42 Å². The predicted octanol–water partition coefficient (Wildman–Crippen LogP) is 0.536. The van der Waals surface area contributed by atoms with Gasteiger partial charge in [-0.05, 0) is 23.1 Å². The van der Waals surface area contributed by atoms with E-state index < -0.39 is 22.1 Å². The van der Waals surface area contributed by atoms with Crippen molar-refractivity contribution < 1.29 is 28.6 Å². The number of hydrogen-bond acceptors (Lipinski definition) is 5. The SMILES string of the molecule is CC(C)(C)c1ccc(S(=O)(=O)[O-])cc1.[NH3+]C(Cc1cnc[nH]1)C(=O)O. The lowest BCUT2D eigenvalue weighted by Gasteiger charge is -2.19. The quantitative estimate of drug-likeness (QED) is 0.669. The second kappa shape index (κ2) is 8.24. The zero-order chi connectivity index (χ0) is 19.3. The van der Waals surface area contributed by atoms with E-state index in [1.54, 1.807) is 18.3 Å². The molecule has 0 spiro atoms. The molecule has 25 heavy (non-hydrogen) atoms. The van der Waals surface area contributed by atoms with Gasteiger partial charge < -0.3 is 20.4 Å². The smallest absolute Gasteiger partial charge is 0.362 e. The molecule has 5 N–H and O–H groups in total. The molecule has 0 aliphatic heterocycles. The topological polar surface area (TPSA) is 151 Å². The number of nitrogens with zero attached hydrogens (tertiary/aromatic N) is 1. The zero-order valence-corrected chi connectivity index (χ0v) is 15.2. The Morgan fingerprint density at radius 3 is 2.24 bits per heavy atom. The van der Waals surface area contributed by atoms with Gasteiger partial charge in [0.05, 0.1) is 17.6 Å². The fourth-order valence-electron chi connectivity index (χ4n) is 1.87. The van der Waals surface area contributed by atoms with Crippen LogP contribution < -0.4 is 5.73 Å². The van der Waals surface area contributed by atoms with Gasteiger partial charge in [0.1, 0.15) is 10.1 Å². The Balaban J connectivity index is 0.000000257. The van der Waals surface area contributed by atoms with Crippen molar-refractivity contribution in [2.24, 2.45) is 0 Å². The monoisotopic (exact) mass is 369 g/mol. The first-order valence-electron chi connectivity index (χ1n) is 7.51. The average Bonchev–Trinajstić information content (AvgIpc) is 2.99. The van der Waals surface area contributed by atoms with Gasteiger partial charge in [-0.25, -0.2) is 18.2 Å². The van der Waals surface area contributed by atoms with Crippen molar-refractivity contribution in [1.29, 1.82) is 0 Å². The van der Waals surface area contributed by atoms with E-state index in [0.717, 1.165) is 11.3 Å². The van der Waals surface area contributed by atoms with Gasteiger partial charge in [-0.1, -0.05) is 32.9 Å². The molecule has 1 heterocycles. The van der Waals surface area contributed by atoms with E-state index in [9.17, 15) is 17.8 Å². The Labute approximate surface area is 146 Å². The molecule has 9 heteroatoms. The Morgan fingerprint density at radius 2 is 1.88 bits per heavy atom. The van der Waals surface area contributed by atoms with Gasteiger partial charge in [-0.15, -0.1) is 0 Å². The first-order chi connectivity index (χ1) is 11.4. The van der Waals surface area contributed by atoms with Crippen LogP contribution in [-0.4, -0.2) is 40.1 Å². The Hall–Kier alpha value is -2.23. The molecule has 1 aromatic carbocycles. The summed E-state index contributed by atoms with van der Waals surface area (Å²) in [7, 11) is -4.32. The number of quaternary nitrogens is 1. The van der Waals surface area contributed by atoms with Crippen molar-refractivity contribution in [3.05, 3.63) is 48.0 Å². The van der Waals surface area contributed by atoms with Crippen molar-refractivity contribution in [2.75, 3.05) is 0 Å². The fraction of sp³-hybridized carbons (Fsp3) is 0.375. The van der Waals surface area contributed by atoms with E-state index in [4.69, 9.17) is 5.11 Å². The van der Waals surface area contributed by atoms with Crippen LogP contribution in [0.25, 0.3) is 0 Å². The minimum atomic E-state index is -4.32. The summed E-state index contributed by atoms with van der Waals surface area (Å²) < 4.78 is 31.9. The summed E-state index contributed by atoms with van der Waals surface area (Å²) in [6, 6.07) is 5.44. The molecule has 1 unspecified atom stereocenters. The normalized spacial score (nSPS) is 12.8. The van der Waals surface area contributed by atoms with Crippen LogP contribution in [0.5, 0.6) is 0 Å². The number of carbonyl (C=O) groups is 1. The van der Waals surface area contributed by atoms with E-state index in [1.165, 1.54) is 18.5 Å². The minimum Gasteiger partial charge on any atom is -0.744 e. The highest BCUT2D eigenvalue weighted by molar-refractivity contribution is 7.85. The van der Waals surface area contributed by atoms with Crippen LogP contribution in [0, 0.1) is 0 Å². The van der Waals surface area contributed by atoms with Crippen molar-refractivity contribution in [3.63, 3.8) is 0 Å². The standard InChI is InChI=1S/C10H14O3S.C6H9N3O2/c1-10(2,3)8-4-6-9(7-5-8)14(11,12)13;7-5(6(10)11)1-4-2-8-3-9-4/h4-7H,1-3H3,(H,11,12,13);2-3,5H,1,7H2,(H,8,9)(H,10,11). The molecule has 0 amide bonds. The highest BCUT2D eigenvalue weighted by atomic mass is 32.2. The van der Waals surface area contributed by atoms with E-state index in [-0.39, 0.29) is 10.3 Å². The van der Waals surface area contributed by atoms with Crippen LogP contribution in [-0.2, 0) is 26.7 Å². The molecule has 0 saturated heterocycles. The molecule has 0 aliphatic rings. The number of carboxylic acids is 1. The number of nitrogens with one attached hydrogen (secondary N) is 1. The third-order valence-corrected chi connectivity index (χ3v) is 4.23. The minimum absolute atomic E-state index is 0.0365. The Morgan fingerprint density at radius 1 is 1.32 bits per heavy atom. The summed E-state index contributed by atoms with van der Waals surface area (Å²) in [5.41, 5.74) is 5.23. The predicted molar refractivity (Wildman–Crippen MR) is 89.7 cm³/mol. The fourth-order valence-corrected chi connectivity index (χ4v) is 2.34. The highest BCUT2D eigenvalue weighted by Crippen LogP contribution is 2.23. The molecule has 2 aromatic rings. The van der Waals surface area contributed by atoms with E-state index in [2.05, 4.69) is 15.7 Å². The van der Waals surface area contributed by atoms with Crippen molar-refractivity contribution >= 4 is 16.1 Å². The second-order valence-electron chi connectivity index (χ2n) is 6.54. The molecule has 0 saturated carbocycles. The summed E-state index contributed by atoms with van der Waals surface area (Å²) in [5, 5.41) is 8.48. The van der Waals surface area contributed by atoms with Gasteiger partial charge in [0.15, 0.2) is 6.04 Å². The molecule has 0 bridgehead atoms. The number of rotatable bonds is 4. The van der Waals surface area contributed by atoms with Crippen LogP contribution in [0.3, 0.4) is 0 Å². The molecule has 2 rings (SSSR count). The van der Waals surface area contributed by atoms with Crippen LogP contribution in [0.2, 0.25) is 0 Å². The molecule has 138 valence electrons. The third kappa shape index (κ3) is 7.04. The summed E-state index contributed by atoms with van der Waals surface area (Å²) in [6.45, 7) is 6.06. The third-order valence-electron chi connectivity index (χ3n) is 3.38. The number of imidazole rings is 1. The van der Waals surface area contributed by atoms with Gasteiger partial charge in [-0.2, -0.15) is 0 Å². The molecular weight excluding hydrogens is 346 g/mol. The zero-order valence-electron chi connectivity index (χ0n) is 14.4. The van der Waals surface area contributed by atoms with Crippen molar-refractivity contribution in [1.82, 2.24) is 9.97 Å². The first-order valence-corrected chi connectivity index (χ1v) is 8.91. The molecule has 1 atom stereocenters. The van der Waals surface area contributed by atoms with Crippen LogP contribution in [0.1, 0.15) is 32.0 Å². The number of H-pyrrole nitrogens is 1. The summed E-state index contributed by atoms with van der Waals surface area (Å²) in [5.74, 6) is -0.889. The van der Waals surface area contributed by atoms with Crippen LogP contribution in [0.15, 0.2) is 41.7 Å². The average molecular weight is 369 g/mol. The van der Waals surface area contributed by atoms with E-state index >= 15 is 0 Å². The lowest BCUT2D eigenvalue weighted by atomic mass is 9.87. The van der Waals surface area contributed by atoms with Gasteiger partial charge in [0.2, 0.25) is 0 Å². The lowest BCUT2D eigenvalue weighted by molar-refractivity contribution is -0.407. The van der Waals surface area contributed by atoms with Gasteiger partial charge in [0, 0.05) is 11.9 Å². The number of hydrogen-bond donors (Lipinski definition) is 3. The van der Waals surface area contributed by atoms with Crippen molar-refractivity contribution in [2.45, 2.75) is 43.5 Å².